The maximum atomic E-state index is 5.34. The van der Waals surface area contributed by atoms with Gasteiger partial charge in [0.15, 0.2) is 0 Å². The number of rotatable bonds is 0. The molecule has 1 aromatic carbocycles. The molecule has 1 radical (unpaired) electrons. The Balaban J connectivity index is 0. The van der Waals surface area contributed by atoms with E-state index in [0.29, 0.717) is 6.61 Å². The molecule has 0 bridgehead atoms. The van der Waals surface area contributed by atoms with E-state index in [1.54, 1.807) is 0 Å². The fraction of sp³-hybridized carbons (Fsp3) is 0.111. The second-order valence-electron chi connectivity index (χ2n) is 2.25. The van der Waals surface area contributed by atoms with Crippen LogP contribution in [0.25, 0.3) is 6.08 Å². The quantitative estimate of drug-likeness (QED) is 0.568. The fourth-order valence-electron chi connectivity index (χ4n) is 1.06. The third-order valence-corrected chi connectivity index (χ3v) is 1.55. The number of para-hydroxylation sites is 1. The molecule has 67 valence electrons. The third-order valence-electron chi connectivity index (χ3n) is 1.55. The zero-order valence-corrected chi connectivity index (χ0v) is 7.42. The number of hydrogen-bond donors (Lipinski definition) is 0. The normalized spacial score (nSPS) is 10.8. The molecular formula is C9H14MgOSiV. The predicted octanol–water partition coefficient (Wildman–Crippen LogP) is -0.278. The molecular weight excluding hydrogens is 227 g/mol. The van der Waals surface area contributed by atoms with E-state index in [4.69, 9.17) is 4.74 Å². The SMILES string of the molecule is C1=Cc2ccccc2OC1.[MgH2].[SiH4].[V]. The van der Waals surface area contributed by atoms with Gasteiger partial charge in [0, 0.05) is 24.1 Å². The number of ether oxygens (including phenoxy) is 1. The molecule has 13 heavy (non-hydrogen) atoms. The Hall–Kier alpha value is 0.328. The van der Waals surface area contributed by atoms with Crippen molar-refractivity contribution in [2.45, 2.75) is 0 Å². The Morgan fingerprint density at radius 2 is 1.85 bits per heavy atom. The molecule has 0 N–H and O–H groups in total. The van der Waals surface area contributed by atoms with E-state index in [2.05, 4.69) is 6.08 Å². The van der Waals surface area contributed by atoms with E-state index in [-0.39, 0.29) is 52.6 Å². The molecule has 1 nitrogen and oxygen atoms in total. The fourth-order valence-corrected chi connectivity index (χ4v) is 1.06. The Labute approximate surface area is 111 Å². The van der Waals surface area contributed by atoms with Crippen LogP contribution in [0.2, 0.25) is 0 Å². The first-order chi connectivity index (χ1) is 4.97. The van der Waals surface area contributed by atoms with Gasteiger partial charge in [-0.15, -0.1) is 0 Å². The summed E-state index contributed by atoms with van der Waals surface area (Å²) in [5.41, 5.74) is 1.17. The maximum Gasteiger partial charge on any atom is 0.316 e. The first-order valence-corrected chi connectivity index (χ1v) is 3.35. The van der Waals surface area contributed by atoms with Gasteiger partial charge in [0.2, 0.25) is 0 Å². The van der Waals surface area contributed by atoms with Crippen LogP contribution in [-0.2, 0) is 18.6 Å². The second kappa shape index (κ2) is 7.71. The van der Waals surface area contributed by atoms with Gasteiger partial charge in [-0.3, -0.25) is 0 Å². The summed E-state index contributed by atoms with van der Waals surface area (Å²) >= 11 is 0. The van der Waals surface area contributed by atoms with E-state index in [0.717, 1.165) is 5.75 Å². The third kappa shape index (κ3) is 3.91. The van der Waals surface area contributed by atoms with E-state index < -0.39 is 0 Å². The van der Waals surface area contributed by atoms with Crippen LogP contribution in [0, 0.1) is 0 Å². The van der Waals surface area contributed by atoms with Gasteiger partial charge >= 0.3 is 23.1 Å². The van der Waals surface area contributed by atoms with Crippen molar-refractivity contribution >= 4 is 40.1 Å². The molecule has 1 aliphatic rings. The molecule has 0 aromatic heterocycles. The molecule has 0 spiro atoms. The minimum Gasteiger partial charge on any atom is -0.489 e. The standard InChI is InChI=1S/C9H8O.Mg.H4Si.V.2H/c1-2-6-9-8(4-1)5-3-7-10-9;;;;;/h1-6H,7H2;;1H4;;;. The second-order valence-corrected chi connectivity index (χ2v) is 2.25. The summed E-state index contributed by atoms with van der Waals surface area (Å²) in [6.45, 7) is 0.705. The minimum atomic E-state index is 0. The van der Waals surface area contributed by atoms with Crippen molar-refractivity contribution in [3.8, 4) is 5.75 Å². The molecule has 1 heterocycles. The van der Waals surface area contributed by atoms with Crippen LogP contribution < -0.4 is 4.74 Å². The van der Waals surface area contributed by atoms with Gasteiger partial charge in [0.05, 0.1) is 0 Å². The minimum absolute atomic E-state index is 0. The summed E-state index contributed by atoms with van der Waals surface area (Å²) in [7, 11) is 0. The monoisotopic (exact) mass is 241 g/mol. The van der Waals surface area contributed by atoms with Crippen molar-refractivity contribution in [2.75, 3.05) is 6.61 Å². The molecule has 0 fully saturated rings. The van der Waals surface area contributed by atoms with Crippen LogP contribution in [0.3, 0.4) is 0 Å². The van der Waals surface area contributed by atoms with Crippen LogP contribution in [0.15, 0.2) is 30.3 Å². The largest absolute Gasteiger partial charge is 0.489 e. The number of hydrogen-bond acceptors (Lipinski definition) is 1. The van der Waals surface area contributed by atoms with E-state index in [1.807, 2.05) is 30.3 Å². The molecule has 2 rings (SSSR count). The Morgan fingerprint density at radius 1 is 1.15 bits per heavy atom. The Morgan fingerprint density at radius 3 is 2.54 bits per heavy atom. The van der Waals surface area contributed by atoms with Gasteiger partial charge in [-0.05, 0) is 23.1 Å². The van der Waals surface area contributed by atoms with Crippen molar-refractivity contribution in [3.05, 3.63) is 35.9 Å². The van der Waals surface area contributed by atoms with Crippen molar-refractivity contribution in [2.24, 2.45) is 0 Å². The smallest absolute Gasteiger partial charge is 0.316 e. The zero-order valence-electron chi connectivity index (χ0n) is 6.03. The predicted molar refractivity (Wildman–Crippen MR) is 60.8 cm³/mol. The molecule has 4 heteroatoms. The van der Waals surface area contributed by atoms with Gasteiger partial charge in [-0.25, -0.2) is 0 Å². The first kappa shape index (κ1) is 15.8. The van der Waals surface area contributed by atoms with E-state index in [1.165, 1.54) is 5.56 Å². The summed E-state index contributed by atoms with van der Waals surface area (Å²) in [6, 6.07) is 8.03. The Bertz CT molecular complexity index is 278. The number of fused-ring (bicyclic) bond motifs is 1. The summed E-state index contributed by atoms with van der Waals surface area (Å²) in [5.74, 6) is 0.991. The molecule has 1 aliphatic heterocycles. The van der Waals surface area contributed by atoms with Crippen molar-refractivity contribution in [1.82, 2.24) is 0 Å². The average Bonchev–Trinajstić information content (AvgIpc) is 2.05. The maximum absolute atomic E-state index is 5.34. The van der Waals surface area contributed by atoms with Gasteiger partial charge in [0.1, 0.15) is 12.4 Å². The first-order valence-electron chi connectivity index (χ1n) is 3.35. The van der Waals surface area contributed by atoms with E-state index in [9.17, 15) is 0 Å². The topological polar surface area (TPSA) is 9.23 Å². The molecule has 0 saturated carbocycles. The zero-order chi connectivity index (χ0) is 6.81. The summed E-state index contributed by atoms with van der Waals surface area (Å²) in [5, 5.41) is 0. The summed E-state index contributed by atoms with van der Waals surface area (Å²) < 4.78 is 5.34. The van der Waals surface area contributed by atoms with Gasteiger partial charge < -0.3 is 4.74 Å². The summed E-state index contributed by atoms with van der Waals surface area (Å²) in [6.07, 6.45) is 4.10. The van der Waals surface area contributed by atoms with Gasteiger partial charge in [0.25, 0.3) is 0 Å². The van der Waals surface area contributed by atoms with Crippen LogP contribution in [0.4, 0.5) is 0 Å². The van der Waals surface area contributed by atoms with Crippen LogP contribution >= 0.6 is 0 Å². The van der Waals surface area contributed by atoms with Crippen LogP contribution in [-0.4, -0.2) is 40.6 Å². The van der Waals surface area contributed by atoms with Crippen molar-refractivity contribution in [1.29, 1.82) is 0 Å². The molecule has 0 aliphatic carbocycles. The van der Waals surface area contributed by atoms with Gasteiger partial charge in [-0.1, -0.05) is 24.3 Å². The Kier molecular flexibility index (Phi) is 9.36. The van der Waals surface area contributed by atoms with Crippen molar-refractivity contribution < 1.29 is 23.3 Å². The van der Waals surface area contributed by atoms with Crippen LogP contribution in [0.5, 0.6) is 5.75 Å². The van der Waals surface area contributed by atoms with E-state index >= 15 is 0 Å². The summed E-state index contributed by atoms with van der Waals surface area (Å²) in [4.78, 5) is 0. The van der Waals surface area contributed by atoms with Crippen molar-refractivity contribution in [3.63, 3.8) is 0 Å². The average molecular weight is 242 g/mol. The molecule has 1 aromatic rings. The molecule has 0 atom stereocenters. The van der Waals surface area contributed by atoms with Crippen LogP contribution in [0.1, 0.15) is 5.56 Å². The molecule has 0 amide bonds. The molecule has 0 unspecified atom stereocenters. The molecule has 0 saturated heterocycles. The van der Waals surface area contributed by atoms with Gasteiger partial charge in [-0.2, -0.15) is 0 Å². The number of benzene rings is 1.